The van der Waals surface area contributed by atoms with Crippen molar-refractivity contribution < 1.29 is 28.2 Å². The number of ether oxygens (including phenoxy) is 3. The maximum Gasteiger partial charge on any atom is 0.305 e. The highest BCUT2D eigenvalue weighted by Crippen LogP contribution is 2.20. The number of benzene rings is 2. The first-order valence-corrected chi connectivity index (χ1v) is 10.4. The van der Waals surface area contributed by atoms with Gasteiger partial charge in [0.2, 0.25) is 0 Å². The molecule has 0 aliphatic carbocycles. The first kappa shape index (κ1) is 21.5. The molecule has 1 aliphatic rings. The zero-order valence-electron chi connectivity index (χ0n) is 17.4. The van der Waals surface area contributed by atoms with Crippen molar-refractivity contribution in [1.82, 2.24) is 10.9 Å². The van der Waals surface area contributed by atoms with Crippen LogP contribution in [0.25, 0.3) is 0 Å². The fourth-order valence-corrected chi connectivity index (χ4v) is 3.23. The third kappa shape index (κ3) is 5.67. The molecule has 8 heteroatoms. The van der Waals surface area contributed by atoms with Crippen molar-refractivity contribution in [2.45, 2.75) is 25.6 Å². The molecule has 8 nitrogen and oxygen atoms in total. The molecule has 0 radical (unpaired) electrons. The van der Waals surface area contributed by atoms with Crippen molar-refractivity contribution >= 4 is 11.8 Å². The minimum atomic E-state index is -0.581. The van der Waals surface area contributed by atoms with Gasteiger partial charge in [0.25, 0.3) is 5.91 Å². The molecular formula is C24H24N2O6. The highest BCUT2D eigenvalue weighted by molar-refractivity contribution is 5.99. The highest BCUT2D eigenvalue weighted by Gasteiger charge is 2.19. The minimum absolute atomic E-state index is 0.0323. The second-order valence-electron chi connectivity index (χ2n) is 7.22. The Balaban J connectivity index is 1.28. The second kappa shape index (κ2) is 10.5. The van der Waals surface area contributed by atoms with E-state index in [1.54, 1.807) is 30.3 Å². The van der Waals surface area contributed by atoms with Gasteiger partial charge in [-0.1, -0.05) is 30.3 Å². The lowest BCUT2D eigenvalue weighted by Gasteiger charge is -2.14. The number of nitrogens with one attached hydrogen (secondary N) is 2. The first-order chi connectivity index (χ1) is 15.7. The average Bonchev–Trinajstić information content (AvgIpc) is 3.53. The number of hydrogen-bond donors (Lipinski definition) is 2. The van der Waals surface area contributed by atoms with E-state index in [0.29, 0.717) is 29.4 Å². The van der Waals surface area contributed by atoms with Crippen molar-refractivity contribution in [3.8, 4) is 11.5 Å². The molecule has 1 saturated heterocycles. The van der Waals surface area contributed by atoms with E-state index in [1.165, 1.54) is 6.07 Å². The van der Waals surface area contributed by atoms with Crippen molar-refractivity contribution in [1.29, 1.82) is 0 Å². The van der Waals surface area contributed by atoms with E-state index < -0.39 is 11.8 Å². The van der Waals surface area contributed by atoms with Crippen LogP contribution in [0.15, 0.2) is 71.1 Å². The van der Waals surface area contributed by atoms with Crippen molar-refractivity contribution in [2.75, 3.05) is 13.2 Å². The summed E-state index contributed by atoms with van der Waals surface area (Å²) in [4.78, 5) is 24.9. The third-order valence-corrected chi connectivity index (χ3v) is 4.88. The summed E-state index contributed by atoms with van der Waals surface area (Å²) in [6.07, 6.45) is 1.98. The lowest BCUT2D eigenvalue weighted by molar-refractivity contribution is 0.0668. The van der Waals surface area contributed by atoms with Gasteiger partial charge in [0, 0.05) is 6.61 Å². The normalized spacial score (nSPS) is 15.2. The molecule has 1 atom stereocenters. The summed E-state index contributed by atoms with van der Waals surface area (Å²) in [6.45, 7) is 1.28. The molecule has 2 aromatic carbocycles. The summed E-state index contributed by atoms with van der Waals surface area (Å²) in [5, 5.41) is 0. The van der Waals surface area contributed by atoms with E-state index in [1.807, 2.05) is 30.3 Å². The van der Waals surface area contributed by atoms with Crippen LogP contribution in [-0.4, -0.2) is 31.1 Å². The van der Waals surface area contributed by atoms with Crippen LogP contribution >= 0.6 is 0 Å². The largest absolute Gasteiger partial charge is 0.490 e. The quantitative estimate of drug-likeness (QED) is 0.525. The van der Waals surface area contributed by atoms with Crippen LogP contribution in [0.2, 0.25) is 0 Å². The monoisotopic (exact) mass is 436 g/mol. The van der Waals surface area contributed by atoms with Gasteiger partial charge in [0.05, 0.1) is 11.7 Å². The van der Waals surface area contributed by atoms with E-state index in [0.717, 1.165) is 19.4 Å². The van der Waals surface area contributed by atoms with Gasteiger partial charge >= 0.3 is 5.91 Å². The number of carbonyl (C=O) groups excluding carboxylic acids is 2. The number of para-hydroxylation sites is 2. The fraction of sp³-hybridized carbons (Fsp3) is 0.250. The molecule has 1 aromatic heterocycles. The molecule has 166 valence electrons. The van der Waals surface area contributed by atoms with Crippen molar-refractivity contribution in [3.63, 3.8) is 0 Å². The summed E-state index contributed by atoms with van der Waals surface area (Å²) >= 11 is 0. The molecule has 2 N–H and O–H groups in total. The lowest BCUT2D eigenvalue weighted by Crippen LogP contribution is -2.41. The Hall–Kier alpha value is -3.78. The molecule has 1 fully saturated rings. The summed E-state index contributed by atoms with van der Waals surface area (Å²) in [5.74, 6) is 0.580. The maximum absolute atomic E-state index is 12.6. The first-order valence-electron chi connectivity index (χ1n) is 10.4. The van der Waals surface area contributed by atoms with Crippen LogP contribution in [0.3, 0.4) is 0 Å². The molecule has 2 amide bonds. The van der Waals surface area contributed by atoms with Gasteiger partial charge in [0.15, 0.2) is 5.76 Å². The van der Waals surface area contributed by atoms with Gasteiger partial charge < -0.3 is 18.6 Å². The highest BCUT2D eigenvalue weighted by atomic mass is 16.5. The smallest absolute Gasteiger partial charge is 0.305 e. The molecule has 0 bridgehead atoms. The Bertz CT molecular complexity index is 1040. The van der Waals surface area contributed by atoms with Crippen LogP contribution in [0, 0.1) is 0 Å². The predicted octanol–water partition coefficient (Wildman–Crippen LogP) is 3.49. The summed E-state index contributed by atoms with van der Waals surface area (Å²) in [7, 11) is 0. The van der Waals surface area contributed by atoms with Crippen LogP contribution in [0.1, 0.15) is 39.5 Å². The topological polar surface area (TPSA) is 99.0 Å². The van der Waals surface area contributed by atoms with Crippen LogP contribution in [0.4, 0.5) is 0 Å². The van der Waals surface area contributed by atoms with Gasteiger partial charge in [-0.15, -0.1) is 0 Å². The number of hydrogen-bond acceptors (Lipinski definition) is 6. The third-order valence-electron chi connectivity index (χ3n) is 4.88. The summed E-state index contributed by atoms with van der Waals surface area (Å²) in [5.41, 5.74) is 5.05. The van der Waals surface area contributed by atoms with E-state index in [4.69, 9.17) is 18.6 Å². The van der Waals surface area contributed by atoms with Gasteiger partial charge in [0.1, 0.15) is 30.5 Å². The molecule has 3 aromatic rings. The van der Waals surface area contributed by atoms with E-state index in [-0.39, 0.29) is 18.5 Å². The van der Waals surface area contributed by atoms with Crippen LogP contribution in [-0.2, 0) is 11.3 Å². The molecule has 4 rings (SSSR count). The van der Waals surface area contributed by atoms with Gasteiger partial charge in [-0.05, 0) is 49.2 Å². The summed E-state index contributed by atoms with van der Waals surface area (Å²) in [6, 6.07) is 19.3. The molecule has 1 unspecified atom stereocenters. The Morgan fingerprint density at radius 2 is 1.69 bits per heavy atom. The standard InChI is InChI=1S/C24H24N2O6/c27-23(20-10-4-5-11-21(20)31-15-18-9-6-14-29-18)25-26-24(28)22-13-12-19(32-22)16-30-17-7-2-1-3-8-17/h1-5,7-8,10-13,18H,6,9,14-16H2,(H,25,27)(H,26,28). The second-order valence-corrected chi connectivity index (χ2v) is 7.22. The molecule has 0 spiro atoms. The maximum atomic E-state index is 12.6. The number of carbonyl (C=O) groups is 2. The molecule has 1 aliphatic heterocycles. The zero-order chi connectivity index (χ0) is 22.2. The van der Waals surface area contributed by atoms with Crippen molar-refractivity contribution in [3.05, 3.63) is 83.8 Å². The van der Waals surface area contributed by atoms with Gasteiger partial charge in [-0.25, -0.2) is 0 Å². The molecule has 32 heavy (non-hydrogen) atoms. The Labute approximate surface area is 185 Å². The Morgan fingerprint density at radius 1 is 0.906 bits per heavy atom. The summed E-state index contributed by atoms with van der Waals surface area (Å²) < 4.78 is 22.4. The Morgan fingerprint density at radius 3 is 2.50 bits per heavy atom. The van der Waals surface area contributed by atoms with Gasteiger partial charge in [-0.2, -0.15) is 0 Å². The van der Waals surface area contributed by atoms with Crippen molar-refractivity contribution in [2.24, 2.45) is 0 Å². The molecular weight excluding hydrogens is 412 g/mol. The average molecular weight is 436 g/mol. The zero-order valence-corrected chi connectivity index (χ0v) is 17.4. The fourth-order valence-electron chi connectivity index (χ4n) is 3.23. The van der Waals surface area contributed by atoms with E-state index in [2.05, 4.69) is 10.9 Å². The van der Waals surface area contributed by atoms with Crippen LogP contribution in [0.5, 0.6) is 11.5 Å². The SMILES string of the molecule is O=C(NNC(=O)c1ccccc1OCC1CCCO1)c1ccc(COc2ccccc2)o1. The molecule has 0 saturated carbocycles. The predicted molar refractivity (Wildman–Crippen MR) is 115 cm³/mol. The lowest BCUT2D eigenvalue weighted by atomic mass is 10.2. The number of furan rings is 1. The molecule has 2 heterocycles. The van der Waals surface area contributed by atoms with Crippen LogP contribution < -0.4 is 20.3 Å². The Kier molecular flexibility index (Phi) is 7.04. The van der Waals surface area contributed by atoms with E-state index >= 15 is 0 Å². The van der Waals surface area contributed by atoms with Gasteiger partial charge in [-0.3, -0.25) is 20.4 Å². The van der Waals surface area contributed by atoms with E-state index in [9.17, 15) is 9.59 Å². The number of hydrazine groups is 1. The number of amides is 2. The minimum Gasteiger partial charge on any atom is -0.490 e. The number of rotatable bonds is 8.